The van der Waals surface area contributed by atoms with Crippen LogP contribution in [0.25, 0.3) is 11.1 Å². The largest absolute Gasteiger partial charge is 0.457 e. The van der Waals surface area contributed by atoms with Gasteiger partial charge in [0.1, 0.15) is 17.6 Å². The molecular weight excluding hydrogens is 164 g/mol. The fourth-order valence-corrected chi connectivity index (χ4v) is 1.48. The van der Waals surface area contributed by atoms with Gasteiger partial charge in [0.2, 0.25) is 0 Å². The monoisotopic (exact) mass is 176 g/mol. The molecule has 0 atom stereocenters. The Morgan fingerprint density at radius 3 is 3.00 bits per heavy atom. The van der Waals surface area contributed by atoms with E-state index in [1.807, 2.05) is 6.92 Å². The topological polar surface area (TPSA) is 38.9 Å². The van der Waals surface area contributed by atoms with Gasteiger partial charge in [0.05, 0.1) is 6.20 Å². The van der Waals surface area contributed by atoms with Crippen molar-refractivity contribution in [3.8, 4) is 0 Å². The Morgan fingerprint density at radius 1 is 1.46 bits per heavy atom. The maximum absolute atomic E-state index is 5.61. The van der Waals surface area contributed by atoms with E-state index in [-0.39, 0.29) is 0 Å². The Hall–Kier alpha value is -1.38. The smallest absolute Gasteiger partial charge is 0.171 e. The van der Waals surface area contributed by atoms with Crippen molar-refractivity contribution in [1.29, 1.82) is 0 Å². The molecule has 0 fully saturated rings. The molecule has 0 radical (unpaired) electrons. The molecule has 2 heterocycles. The standard InChI is InChI=1S/C10H12N2O/c1-3-4-8-7(2)10-9(13-8)5-11-6-12-10/h5-6H,3-4H2,1-2H3. The zero-order chi connectivity index (χ0) is 9.26. The van der Waals surface area contributed by atoms with Gasteiger partial charge in [0, 0.05) is 12.0 Å². The van der Waals surface area contributed by atoms with Crippen molar-refractivity contribution >= 4 is 11.1 Å². The van der Waals surface area contributed by atoms with E-state index in [1.165, 1.54) is 0 Å². The summed E-state index contributed by atoms with van der Waals surface area (Å²) in [6, 6.07) is 0. The van der Waals surface area contributed by atoms with Crippen LogP contribution in [-0.2, 0) is 6.42 Å². The number of aryl methyl sites for hydroxylation is 2. The molecular formula is C10H12N2O. The lowest BCUT2D eigenvalue weighted by Crippen LogP contribution is -1.82. The first-order valence-corrected chi connectivity index (χ1v) is 4.51. The minimum atomic E-state index is 0.795. The highest BCUT2D eigenvalue weighted by Gasteiger charge is 2.09. The molecule has 0 bridgehead atoms. The normalized spacial score (nSPS) is 10.9. The number of furan rings is 1. The molecule has 0 unspecified atom stereocenters. The molecule has 0 saturated heterocycles. The molecule has 2 aromatic heterocycles. The van der Waals surface area contributed by atoms with Crippen LogP contribution < -0.4 is 0 Å². The van der Waals surface area contributed by atoms with E-state index in [1.54, 1.807) is 12.5 Å². The predicted molar refractivity (Wildman–Crippen MR) is 50.5 cm³/mol. The molecule has 2 aromatic rings. The molecule has 0 aromatic carbocycles. The van der Waals surface area contributed by atoms with Crippen LogP contribution in [0, 0.1) is 6.92 Å². The van der Waals surface area contributed by atoms with Gasteiger partial charge in [-0.1, -0.05) is 6.92 Å². The van der Waals surface area contributed by atoms with Crippen molar-refractivity contribution in [1.82, 2.24) is 9.97 Å². The van der Waals surface area contributed by atoms with E-state index in [2.05, 4.69) is 16.9 Å². The number of fused-ring (bicyclic) bond motifs is 1. The Kier molecular flexibility index (Phi) is 2.00. The van der Waals surface area contributed by atoms with Gasteiger partial charge < -0.3 is 4.42 Å². The van der Waals surface area contributed by atoms with Gasteiger partial charge in [0.25, 0.3) is 0 Å². The van der Waals surface area contributed by atoms with E-state index < -0.39 is 0 Å². The van der Waals surface area contributed by atoms with Crippen LogP contribution in [0.4, 0.5) is 0 Å². The quantitative estimate of drug-likeness (QED) is 0.705. The highest BCUT2D eigenvalue weighted by molar-refractivity contribution is 5.76. The first-order valence-electron chi connectivity index (χ1n) is 4.51. The molecule has 3 nitrogen and oxygen atoms in total. The van der Waals surface area contributed by atoms with Crippen molar-refractivity contribution in [2.24, 2.45) is 0 Å². The Morgan fingerprint density at radius 2 is 2.31 bits per heavy atom. The second kappa shape index (κ2) is 3.17. The highest BCUT2D eigenvalue weighted by Crippen LogP contribution is 2.22. The minimum Gasteiger partial charge on any atom is -0.457 e. The molecule has 0 aliphatic rings. The third-order valence-electron chi connectivity index (χ3n) is 2.16. The summed E-state index contributed by atoms with van der Waals surface area (Å²) < 4.78 is 5.61. The Bertz CT molecular complexity index is 420. The van der Waals surface area contributed by atoms with Crippen LogP contribution in [0.2, 0.25) is 0 Å². The third kappa shape index (κ3) is 1.30. The fraction of sp³-hybridized carbons (Fsp3) is 0.400. The van der Waals surface area contributed by atoms with E-state index in [0.717, 1.165) is 35.3 Å². The van der Waals surface area contributed by atoms with E-state index in [0.29, 0.717) is 0 Å². The summed E-state index contributed by atoms with van der Waals surface area (Å²) in [5.41, 5.74) is 2.89. The van der Waals surface area contributed by atoms with Crippen LogP contribution in [0.1, 0.15) is 24.7 Å². The van der Waals surface area contributed by atoms with Crippen LogP contribution >= 0.6 is 0 Å². The number of aromatic nitrogens is 2. The number of rotatable bonds is 2. The lowest BCUT2D eigenvalue weighted by Gasteiger charge is -1.91. The van der Waals surface area contributed by atoms with Crippen LogP contribution in [0.3, 0.4) is 0 Å². The minimum absolute atomic E-state index is 0.795. The van der Waals surface area contributed by atoms with Crippen molar-refractivity contribution in [3.63, 3.8) is 0 Å². The second-order valence-electron chi connectivity index (χ2n) is 3.14. The summed E-state index contributed by atoms with van der Waals surface area (Å²) >= 11 is 0. The molecule has 0 aliphatic carbocycles. The van der Waals surface area contributed by atoms with Gasteiger partial charge in [-0.25, -0.2) is 9.97 Å². The van der Waals surface area contributed by atoms with Crippen molar-refractivity contribution in [2.75, 3.05) is 0 Å². The first kappa shape index (κ1) is 8.23. The lowest BCUT2D eigenvalue weighted by atomic mass is 10.2. The maximum Gasteiger partial charge on any atom is 0.171 e. The maximum atomic E-state index is 5.61. The second-order valence-corrected chi connectivity index (χ2v) is 3.14. The Labute approximate surface area is 76.8 Å². The van der Waals surface area contributed by atoms with E-state index in [4.69, 9.17) is 4.42 Å². The average Bonchev–Trinajstić information content (AvgIpc) is 2.46. The number of nitrogens with zero attached hydrogens (tertiary/aromatic N) is 2. The van der Waals surface area contributed by atoms with Crippen LogP contribution in [0.15, 0.2) is 16.9 Å². The molecule has 0 amide bonds. The molecule has 0 saturated carbocycles. The van der Waals surface area contributed by atoms with Crippen molar-refractivity contribution in [3.05, 3.63) is 23.8 Å². The fourth-order valence-electron chi connectivity index (χ4n) is 1.48. The lowest BCUT2D eigenvalue weighted by molar-refractivity contribution is 0.539. The first-order chi connectivity index (χ1) is 6.33. The predicted octanol–water partition coefficient (Wildman–Crippen LogP) is 2.48. The molecule has 2 rings (SSSR count). The van der Waals surface area contributed by atoms with Crippen molar-refractivity contribution < 1.29 is 4.42 Å². The van der Waals surface area contributed by atoms with Gasteiger partial charge in [-0.2, -0.15) is 0 Å². The summed E-state index contributed by atoms with van der Waals surface area (Å²) in [4.78, 5) is 8.10. The van der Waals surface area contributed by atoms with E-state index >= 15 is 0 Å². The molecule has 0 spiro atoms. The number of hydrogen-bond donors (Lipinski definition) is 0. The number of hydrogen-bond acceptors (Lipinski definition) is 3. The highest BCUT2D eigenvalue weighted by atomic mass is 16.3. The van der Waals surface area contributed by atoms with Gasteiger partial charge in [-0.3, -0.25) is 0 Å². The zero-order valence-corrected chi connectivity index (χ0v) is 7.87. The van der Waals surface area contributed by atoms with Gasteiger partial charge in [0.15, 0.2) is 5.58 Å². The van der Waals surface area contributed by atoms with Crippen LogP contribution in [0.5, 0.6) is 0 Å². The van der Waals surface area contributed by atoms with Crippen LogP contribution in [-0.4, -0.2) is 9.97 Å². The summed E-state index contributed by atoms with van der Waals surface area (Å²) in [6.45, 7) is 4.18. The molecule has 0 N–H and O–H groups in total. The summed E-state index contributed by atoms with van der Waals surface area (Å²) in [6.07, 6.45) is 5.34. The van der Waals surface area contributed by atoms with Crippen molar-refractivity contribution in [2.45, 2.75) is 26.7 Å². The molecule has 3 heteroatoms. The average molecular weight is 176 g/mol. The molecule has 68 valence electrons. The molecule has 13 heavy (non-hydrogen) atoms. The molecule has 0 aliphatic heterocycles. The van der Waals surface area contributed by atoms with E-state index in [9.17, 15) is 0 Å². The van der Waals surface area contributed by atoms with Gasteiger partial charge >= 0.3 is 0 Å². The summed E-state index contributed by atoms with van der Waals surface area (Å²) in [5, 5.41) is 0. The summed E-state index contributed by atoms with van der Waals surface area (Å²) in [7, 11) is 0. The third-order valence-corrected chi connectivity index (χ3v) is 2.16. The van der Waals surface area contributed by atoms with Gasteiger partial charge in [-0.15, -0.1) is 0 Å². The SMILES string of the molecule is CCCc1oc2cncnc2c1C. The van der Waals surface area contributed by atoms with Gasteiger partial charge in [-0.05, 0) is 13.3 Å². The summed E-state index contributed by atoms with van der Waals surface area (Å²) in [5.74, 6) is 1.04. The Balaban J connectivity index is 2.60. The zero-order valence-electron chi connectivity index (χ0n) is 7.87.